The van der Waals surface area contributed by atoms with E-state index in [1.807, 2.05) is 6.07 Å². The number of aliphatic hydroxyl groups is 1. The van der Waals surface area contributed by atoms with Gasteiger partial charge in [-0.05, 0) is 40.6 Å². The van der Waals surface area contributed by atoms with Crippen LogP contribution in [0.25, 0.3) is 0 Å². The van der Waals surface area contributed by atoms with E-state index in [4.69, 9.17) is 16.9 Å². The highest BCUT2D eigenvalue weighted by Gasteiger charge is 2.17. The lowest BCUT2D eigenvalue weighted by Crippen LogP contribution is -2.37. The SMILES string of the molecule is N#Cc1ccc(Cl)cc1NC(=O)C(=O)NC[C@@H](O)c1ccsc1. The molecule has 6 nitrogen and oxygen atoms in total. The molecule has 0 unspecified atom stereocenters. The van der Waals surface area contributed by atoms with Crippen molar-refractivity contribution in [3.63, 3.8) is 0 Å². The number of rotatable bonds is 4. The molecule has 1 aromatic carbocycles. The number of aliphatic hydroxyl groups excluding tert-OH is 1. The number of anilines is 1. The molecule has 0 aliphatic heterocycles. The predicted molar refractivity (Wildman–Crippen MR) is 87.1 cm³/mol. The molecule has 23 heavy (non-hydrogen) atoms. The van der Waals surface area contributed by atoms with Gasteiger partial charge >= 0.3 is 11.8 Å². The van der Waals surface area contributed by atoms with E-state index in [9.17, 15) is 14.7 Å². The Morgan fingerprint density at radius 2 is 2.13 bits per heavy atom. The van der Waals surface area contributed by atoms with E-state index >= 15 is 0 Å². The predicted octanol–water partition coefficient (Wildman–Crippen LogP) is 2.06. The maximum Gasteiger partial charge on any atom is 0.313 e. The van der Waals surface area contributed by atoms with Crippen molar-refractivity contribution in [2.75, 3.05) is 11.9 Å². The van der Waals surface area contributed by atoms with Crippen molar-refractivity contribution >= 4 is 40.4 Å². The summed E-state index contributed by atoms with van der Waals surface area (Å²) in [5, 5.41) is 27.3. The Labute approximate surface area is 141 Å². The van der Waals surface area contributed by atoms with E-state index in [1.54, 1.807) is 16.8 Å². The van der Waals surface area contributed by atoms with E-state index in [1.165, 1.54) is 29.5 Å². The fourth-order valence-corrected chi connectivity index (χ4v) is 2.63. The van der Waals surface area contributed by atoms with Crippen molar-refractivity contribution in [2.24, 2.45) is 0 Å². The number of nitriles is 1. The minimum Gasteiger partial charge on any atom is -0.387 e. The van der Waals surface area contributed by atoms with Gasteiger partial charge < -0.3 is 15.7 Å². The first-order valence-electron chi connectivity index (χ1n) is 6.50. The van der Waals surface area contributed by atoms with E-state index in [2.05, 4.69) is 10.6 Å². The molecule has 1 heterocycles. The van der Waals surface area contributed by atoms with Crippen LogP contribution in [0.1, 0.15) is 17.2 Å². The Morgan fingerprint density at radius 1 is 1.35 bits per heavy atom. The lowest BCUT2D eigenvalue weighted by atomic mass is 10.2. The van der Waals surface area contributed by atoms with Crippen molar-refractivity contribution in [3.8, 4) is 6.07 Å². The van der Waals surface area contributed by atoms with Crippen LogP contribution in [-0.2, 0) is 9.59 Å². The second-order valence-corrected chi connectivity index (χ2v) is 5.75. The van der Waals surface area contributed by atoms with Crippen LogP contribution in [0, 0.1) is 11.3 Å². The van der Waals surface area contributed by atoms with Gasteiger partial charge in [0.2, 0.25) is 0 Å². The van der Waals surface area contributed by atoms with E-state index in [0.29, 0.717) is 10.6 Å². The number of halogens is 1. The molecule has 0 saturated heterocycles. The molecule has 2 amide bonds. The van der Waals surface area contributed by atoms with Gasteiger partial charge in [-0.3, -0.25) is 9.59 Å². The topological polar surface area (TPSA) is 102 Å². The smallest absolute Gasteiger partial charge is 0.313 e. The average Bonchev–Trinajstić information content (AvgIpc) is 3.07. The van der Waals surface area contributed by atoms with Crippen molar-refractivity contribution in [1.29, 1.82) is 5.26 Å². The van der Waals surface area contributed by atoms with Gasteiger partial charge in [-0.25, -0.2) is 0 Å². The summed E-state index contributed by atoms with van der Waals surface area (Å²) in [6.45, 7) is -0.0936. The molecule has 0 saturated carbocycles. The summed E-state index contributed by atoms with van der Waals surface area (Å²) in [7, 11) is 0. The highest BCUT2D eigenvalue weighted by atomic mass is 35.5. The number of hydrogen-bond acceptors (Lipinski definition) is 5. The lowest BCUT2D eigenvalue weighted by Gasteiger charge is -2.11. The number of amides is 2. The summed E-state index contributed by atoms with van der Waals surface area (Å²) in [5.41, 5.74) is 1.00. The quantitative estimate of drug-likeness (QED) is 0.735. The zero-order valence-corrected chi connectivity index (χ0v) is 13.3. The van der Waals surface area contributed by atoms with E-state index < -0.39 is 17.9 Å². The van der Waals surface area contributed by atoms with Crippen molar-refractivity contribution in [2.45, 2.75) is 6.10 Å². The number of carbonyl (C=O) groups excluding carboxylic acids is 2. The molecule has 8 heteroatoms. The molecule has 0 spiro atoms. The Balaban J connectivity index is 1.94. The summed E-state index contributed by atoms with van der Waals surface area (Å²) in [6, 6.07) is 7.95. The number of thiophene rings is 1. The molecule has 0 radical (unpaired) electrons. The molecular formula is C15H12ClN3O3S. The third-order valence-electron chi connectivity index (χ3n) is 2.94. The molecule has 0 fully saturated rings. The van der Waals surface area contributed by atoms with Crippen LogP contribution in [0.2, 0.25) is 5.02 Å². The van der Waals surface area contributed by atoms with Gasteiger partial charge in [0.05, 0.1) is 17.4 Å². The normalized spacial score (nSPS) is 11.3. The highest BCUT2D eigenvalue weighted by Crippen LogP contribution is 2.20. The molecule has 0 bridgehead atoms. The van der Waals surface area contributed by atoms with Crippen LogP contribution in [0.5, 0.6) is 0 Å². The van der Waals surface area contributed by atoms with Gasteiger partial charge in [-0.1, -0.05) is 11.6 Å². The maximum absolute atomic E-state index is 11.8. The minimum absolute atomic E-state index is 0.0936. The first-order chi connectivity index (χ1) is 11.0. The van der Waals surface area contributed by atoms with Crippen LogP contribution < -0.4 is 10.6 Å². The molecule has 1 aromatic heterocycles. The van der Waals surface area contributed by atoms with E-state index in [-0.39, 0.29) is 17.8 Å². The standard InChI is InChI=1S/C15H12ClN3O3S/c16-11-2-1-9(6-17)12(5-11)19-15(22)14(21)18-7-13(20)10-3-4-23-8-10/h1-5,8,13,20H,7H2,(H,18,21)(H,19,22)/t13-/m1/s1. The molecule has 2 aromatic rings. The van der Waals surface area contributed by atoms with Crippen LogP contribution in [0.3, 0.4) is 0 Å². The third-order valence-corrected chi connectivity index (χ3v) is 3.88. The Bertz CT molecular complexity index is 756. The van der Waals surface area contributed by atoms with Crippen molar-refractivity contribution in [1.82, 2.24) is 5.32 Å². The van der Waals surface area contributed by atoms with Gasteiger partial charge in [0.1, 0.15) is 6.07 Å². The molecule has 0 aliphatic rings. The Morgan fingerprint density at radius 3 is 2.78 bits per heavy atom. The zero-order chi connectivity index (χ0) is 16.8. The van der Waals surface area contributed by atoms with Gasteiger partial charge in [0.15, 0.2) is 0 Å². The van der Waals surface area contributed by atoms with Crippen LogP contribution in [0.4, 0.5) is 5.69 Å². The average molecular weight is 350 g/mol. The molecule has 3 N–H and O–H groups in total. The molecule has 0 aliphatic carbocycles. The zero-order valence-electron chi connectivity index (χ0n) is 11.7. The van der Waals surface area contributed by atoms with Crippen LogP contribution in [0.15, 0.2) is 35.0 Å². The van der Waals surface area contributed by atoms with Crippen molar-refractivity contribution < 1.29 is 14.7 Å². The number of benzene rings is 1. The number of hydrogen-bond donors (Lipinski definition) is 3. The van der Waals surface area contributed by atoms with Gasteiger partial charge in [-0.15, -0.1) is 0 Å². The molecule has 1 atom stereocenters. The minimum atomic E-state index is -0.943. The highest BCUT2D eigenvalue weighted by molar-refractivity contribution is 7.07. The van der Waals surface area contributed by atoms with E-state index in [0.717, 1.165) is 0 Å². The number of carbonyl (C=O) groups is 2. The van der Waals surface area contributed by atoms with Crippen LogP contribution in [-0.4, -0.2) is 23.5 Å². The van der Waals surface area contributed by atoms with Crippen LogP contribution >= 0.6 is 22.9 Å². The summed E-state index contributed by atoms with van der Waals surface area (Å²) in [5.74, 6) is -1.86. The number of nitrogens with zero attached hydrogens (tertiary/aromatic N) is 1. The van der Waals surface area contributed by atoms with Gasteiger partial charge in [-0.2, -0.15) is 16.6 Å². The monoisotopic (exact) mass is 349 g/mol. The van der Waals surface area contributed by atoms with Gasteiger partial charge in [0.25, 0.3) is 0 Å². The van der Waals surface area contributed by atoms with Gasteiger partial charge in [0, 0.05) is 11.6 Å². The fraction of sp³-hybridized carbons (Fsp3) is 0.133. The fourth-order valence-electron chi connectivity index (χ4n) is 1.75. The molecular weight excluding hydrogens is 338 g/mol. The largest absolute Gasteiger partial charge is 0.387 e. The molecule has 2 rings (SSSR count). The molecule has 118 valence electrons. The third kappa shape index (κ3) is 4.53. The Kier molecular flexibility index (Phi) is 5.71. The second kappa shape index (κ2) is 7.74. The summed E-state index contributed by atoms with van der Waals surface area (Å²) < 4.78 is 0. The maximum atomic E-state index is 11.8. The summed E-state index contributed by atoms with van der Waals surface area (Å²) >= 11 is 7.22. The summed E-state index contributed by atoms with van der Waals surface area (Å²) in [6.07, 6.45) is -0.890. The second-order valence-electron chi connectivity index (χ2n) is 4.54. The summed E-state index contributed by atoms with van der Waals surface area (Å²) in [4.78, 5) is 23.6. The number of nitrogens with one attached hydrogen (secondary N) is 2. The lowest BCUT2D eigenvalue weighted by molar-refractivity contribution is -0.136. The first-order valence-corrected chi connectivity index (χ1v) is 7.82. The Hall–Kier alpha value is -2.40. The first kappa shape index (κ1) is 17.0. The van der Waals surface area contributed by atoms with Crippen molar-refractivity contribution in [3.05, 3.63) is 51.2 Å².